The number of ether oxygens (including phenoxy) is 1. The van der Waals surface area contributed by atoms with Crippen molar-refractivity contribution >= 4 is 11.7 Å². The van der Waals surface area contributed by atoms with Crippen LogP contribution in [0.5, 0.6) is 0 Å². The van der Waals surface area contributed by atoms with Gasteiger partial charge in [0.15, 0.2) is 0 Å². The summed E-state index contributed by atoms with van der Waals surface area (Å²) in [7, 11) is 0. The van der Waals surface area contributed by atoms with Gasteiger partial charge in [0.1, 0.15) is 6.33 Å². The van der Waals surface area contributed by atoms with E-state index in [1.165, 1.54) is 6.33 Å². The first-order valence-corrected chi connectivity index (χ1v) is 10.4. The largest absolute Gasteiger partial charge is 0.379 e. The lowest BCUT2D eigenvalue weighted by molar-refractivity contribution is -0.122. The van der Waals surface area contributed by atoms with E-state index in [0.717, 1.165) is 55.4 Å². The van der Waals surface area contributed by atoms with Gasteiger partial charge in [-0.25, -0.2) is 9.50 Å². The molecule has 8 heteroatoms. The quantitative estimate of drug-likeness (QED) is 0.642. The highest BCUT2D eigenvalue weighted by Gasteiger charge is 2.20. The lowest BCUT2D eigenvalue weighted by atomic mass is 10.0. The number of carbonyl (C=O) groups is 1. The third-order valence-electron chi connectivity index (χ3n) is 5.67. The molecule has 0 bridgehead atoms. The summed E-state index contributed by atoms with van der Waals surface area (Å²) in [5.74, 6) is 0.627. The van der Waals surface area contributed by atoms with E-state index in [0.29, 0.717) is 18.6 Å². The van der Waals surface area contributed by atoms with Crippen molar-refractivity contribution in [2.75, 3.05) is 32.8 Å². The molecule has 1 N–H and O–H groups in total. The van der Waals surface area contributed by atoms with Gasteiger partial charge in [-0.1, -0.05) is 30.3 Å². The van der Waals surface area contributed by atoms with Gasteiger partial charge in [0.25, 0.3) is 5.78 Å². The van der Waals surface area contributed by atoms with E-state index in [2.05, 4.69) is 37.4 Å². The number of rotatable bonds is 7. The Bertz CT molecular complexity index is 998. The summed E-state index contributed by atoms with van der Waals surface area (Å²) >= 11 is 0. The van der Waals surface area contributed by atoms with Gasteiger partial charge < -0.3 is 10.1 Å². The Balaban J connectivity index is 1.43. The zero-order chi connectivity index (χ0) is 20.9. The van der Waals surface area contributed by atoms with Crippen molar-refractivity contribution in [1.29, 1.82) is 0 Å². The van der Waals surface area contributed by atoms with E-state index in [4.69, 9.17) is 4.74 Å². The molecule has 30 heavy (non-hydrogen) atoms. The fourth-order valence-corrected chi connectivity index (χ4v) is 3.98. The van der Waals surface area contributed by atoms with Gasteiger partial charge in [0, 0.05) is 37.4 Å². The number of fused-ring (bicyclic) bond motifs is 1. The molecule has 1 saturated heterocycles. The molecule has 1 aromatic carbocycles. The Kier molecular flexibility index (Phi) is 6.35. The molecule has 1 aliphatic heterocycles. The smallest absolute Gasteiger partial charge is 0.252 e. The molecule has 8 nitrogen and oxygen atoms in total. The molecule has 3 heterocycles. The molecule has 158 valence electrons. The molecule has 1 unspecified atom stereocenters. The number of nitrogens with zero attached hydrogens (tertiary/aromatic N) is 5. The van der Waals surface area contributed by atoms with Crippen molar-refractivity contribution in [3.63, 3.8) is 0 Å². The van der Waals surface area contributed by atoms with Crippen LogP contribution in [0.2, 0.25) is 0 Å². The lowest BCUT2D eigenvalue weighted by Crippen LogP contribution is -2.43. The van der Waals surface area contributed by atoms with Crippen molar-refractivity contribution in [2.45, 2.75) is 32.7 Å². The monoisotopic (exact) mass is 408 g/mol. The molecule has 0 aliphatic carbocycles. The van der Waals surface area contributed by atoms with Crippen molar-refractivity contribution in [2.24, 2.45) is 0 Å². The maximum Gasteiger partial charge on any atom is 0.252 e. The van der Waals surface area contributed by atoms with Gasteiger partial charge in [-0.2, -0.15) is 10.1 Å². The molecular formula is C22H28N6O2. The molecule has 1 aliphatic rings. The Labute approximate surface area is 176 Å². The number of hydrogen-bond acceptors (Lipinski definition) is 6. The summed E-state index contributed by atoms with van der Waals surface area (Å²) in [5.41, 5.74) is 4.05. The minimum Gasteiger partial charge on any atom is -0.379 e. The first-order chi connectivity index (χ1) is 14.6. The van der Waals surface area contributed by atoms with E-state index in [1.807, 2.05) is 32.0 Å². The topological polar surface area (TPSA) is 84.6 Å². The highest BCUT2D eigenvalue weighted by molar-refractivity contribution is 5.76. The molecule has 0 radical (unpaired) electrons. The number of hydrogen-bond donors (Lipinski definition) is 1. The number of nitrogens with one attached hydrogen (secondary N) is 1. The second kappa shape index (κ2) is 9.32. The first-order valence-electron chi connectivity index (χ1n) is 10.4. The predicted molar refractivity (Wildman–Crippen MR) is 113 cm³/mol. The number of morpholine rings is 1. The van der Waals surface area contributed by atoms with Gasteiger partial charge in [0.2, 0.25) is 5.91 Å². The van der Waals surface area contributed by atoms with E-state index < -0.39 is 0 Å². The maximum absolute atomic E-state index is 12.9. The highest BCUT2D eigenvalue weighted by Crippen LogP contribution is 2.18. The second-order valence-corrected chi connectivity index (χ2v) is 7.68. The number of aromatic nitrogens is 4. The van der Waals surface area contributed by atoms with E-state index in [9.17, 15) is 4.79 Å². The van der Waals surface area contributed by atoms with Crippen molar-refractivity contribution in [3.05, 3.63) is 59.2 Å². The first kappa shape index (κ1) is 20.4. The third-order valence-corrected chi connectivity index (χ3v) is 5.67. The van der Waals surface area contributed by atoms with Crippen LogP contribution in [0.4, 0.5) is 0 Å². The SMILES string of the molecule is Cc1nc2ncnn2c(C)c1CCC(=O)NC(CN1CCOCC1)c1ccccc1. The van der Waals surface area contributed by atoms with Crippen molar-refractivity contribution < 1.29 is 9.53 Å². The zero-order valence-corrected chi connectivity index (χ0v) is 17.5. The fraction of sp³-hybridized carbons (Fsp3) is 0.455. The van der Waals surface area contributed by atoms with Crippen LogP contribution in [0.3, 0.4) is 0 Å². The molecule has 1 amide bonds. The van der Waals surface area contributed by atoms with Gasteiger partial charge in [-0.15, -0.1) is 0 Å². The highest BCUT2D eigenvalue weighted by atomic mass is 16.5. The fourth-order valence-electron chi connectivity index (χ4n) is 3.98. The second-order valence-electron chi connectivity index (χ2n) is 7.68. The molecular weight excluding hydrogens is 380 g/mol. The molecule has 0 saturated carbocycles. The molecule has 2 aromatic heterocycles. The van der Waals surface area contributed by atoms with Crippen molar-refractivity contribution in [1.82, 2.24) is 29.8 Å². The minimum absolute atomic E-state index is 0.0367. The van der Waals surface area contributed by atoms with Crippen LogP contribution in [0.15, 0.2) is 36.7 Å². The minimum atomic E-state index is -0.0464. The summed E-state index contributed by atoms with van der Waals surface area (Å²) < 4.78 is 7.18. The zero-order valence-electron chi connectivity index (χ0n) is 17.5. The van der Waals surface area contributed by atoms with Crippen LogP contribution in [0.25, 0.3) is 5.78 Å². The van der Waals surface area contributed by atoms with Crippen LogP contribution >= 0.6 is 0 Å². The maximum atomic E-state index is 12.9. The molecule has 3 aromatic rings. The summed E-state index contributed by atoms with van der Waals surface area (Å²) in [6.45, 7) is 8.00. The number of carbonyl (C=O) groups excluding carboxylic acids is 1. The molecule has 1 atom stereocenters. The summed E-state index contributed by atoms with van der Waals surface area (Å²) in [6.07, 6.45) is 2.52. The number of aryl methyl sites for hydroxylation is 2. The van der Waals surface area contributed by atoms with Gasteiger partial charge in [0.05, 0.1) is 19.3 Å². The number of amides is 1. The van der Waals surface area contributed by atoms with Crippen LogP contribution in [-0.4, -0.2) is 63.2 Å². The predicted octanol–water partition coefficient (Wildman–Crippen LogP) is 1.86. The average molecular weight is 409 g/mol. The van der Waals surface area contributed by atoms with Gasteiger partial charge in [-0.05, 0) is 31.4 Å². The Morgan fingerprint density at radius 3 is 2.73 bits per heavy atom. The summed E-state index contributed by atoms with van der Waals surface area (Å²) in [5, 5.41) is 7.47. The Hall–Kier alpha value is -2.84. The van der Waals surface area contributed by atoms with E-state index in [1.54, 1.807) is 4.52 Å². The number of benzene rings is 1. The van der Waals surface area contributed by atoms with E-state index in [-0.39, 0.29) is 11.9 Å². The van der Waals surface area contributed by atoms with Crippen LogP contribution < -0.4 is 5.32 Å². The summed E-state index contributed by atoms with van der Waals surface area (Å²) in [6, 6.07) is 10.1. The average Bonchev–Trinajstić information content (AvgIpc) is 3.23. The van der Waals surface area contributed by atoms with Crippen molar-refractivity contribution in [3.8, 4) is 0 Å². The third kappa shape index (κ3) is 4.66. The van der Waals surface area contributed by atoms with Crippen LogP contribution in [-0.2, 0) is 16.0 Å². The van der Waals surface area contributed by atoms with Crippen LogP contribution in [0.1, 0.15) is 35.0 Å². The molecule has 4 rings (SSSR count). The lowest BCUT2D eigenvalue weighted by Gasteiger charge is -2.31. The summed E-state index contributed by atoms with van der Waals surface area (Å²) in [4.78, 5) is 23.9. The Morgan fingerprint density at radius 1 is 1.20 bits per heavy atom. The van der Waals surface area contributed by atoms with Crippen LogP contribution in [0, 0.1) is 13.8 Å². The van der Waals surface area contributed by atoms with Gasteiger partial charge in [-0.3, -0.25) is 9.69 Å². The van der Waals surface area contributed by atoms with Gasteiger partial charge >= 0.3 is 0 Å². The Morgan fingerprint density at radius 2 is 1.97 bits per heavy atom. The normalized spacial score (nSPS) is 15.9. The van der Waals surface area contributed by atoms with E-state index >= 15 is 0 Å². The molecule has 0 spiro atoms. The standard InChI is InChI=1S/C22H28N6O2/c1-16-19(17(2)28-22(25-16)23-15-24-28)8-9-21(29)26-20(18-6-4-3-5-7-18)14-27-10-12-30-13-11-27/h3-7,15,20H,8-14H2,1-2H3,(H,26,29). The molecule has 1 fully saturated rings.